The van der Waals surface area contributed by atoms with Crippen molar-refractivity contribution in [2.24, 2.45) is 0 Å². The fourth-order valence-corrected chi connectivity index (χ4v) is 4.08. The zero-order valence-electron chi connectivity index (χ0n) is 12.1. The monoisotopic (exact) mass is 334 g/mol. The van der Waals surface area contributed by atoms with Crippen LogP contribution in [-0.4, -0.2) is 38.7 Å². The lowest BCUT2D eigenvalue weighted by molar-refractivity contribution is 0.176. The van der Waals surface area contributed by atoms with Crippen molar-refractivity contribution in [2.75, 3.05) is 20.1 Å². The van der Waals surface area contributed by atoms with Crippen molar-refractivity contribution < 1.29 is 12.8 Å². The lowest BCUT2D eigenvalue weighted by atomic mass is 10.0. The topological polar surface area (TPSA) is 49.4 Å². The molecular weight excluding hydrogens is 315 g/mol. The van der Waals surface area contributed by atoms with E-state index >= 15 is 0 Å². The van der Waals surface area contributed by atoms with Crippen LogP contribution < -0.4 is 4.72 Å². The molecule has 0 aliphatic carbocycles. The Labute approximate surface area is 130 Å². The minimum Gasteiger partial charge on any atom is -0.297 e. The number of nitrogens with one attached hydrogen (secondary N) is 1. The van der Waals surface area contributed by atoms with Gasteiger partial charge in [-0.1, -0.05) is 17.7 Å². The lowest BCUT2D eigenvalue weighted by Crippen LogP contribution is -2.43. The standard InChI is InChI=1S/C14H20ClFN2O2S/c1-10(11-3-4-14(16)13(15)9-11)18-7-5-12(6-8-18)21(19,20)17-2/h3-4,9-10,12,17H,5-8H2,1-2H3. The second kappa shape index (κ2) is 6.60. The highest BCUT2D eigenvalue weighted by molar-refractivity contribution is 7.90. The second-order valence-electron chi connectivity index (χ2n) is 5.33. The number of likely N-dealkylation sites (tertiary alicyclic amines) is 1. The molecule has 1 aromatic carbocycles. The van der Waals surface area contributed by atoms with E-state index in [9.17, 15) is 12.8 Å². The highest BCUT2D eigenvalue weighted by atomic mass is 35.5. The molecule has 0 bridgehead atoms. The van der Waals surface area contributed by atoms with Gasteiger partial charge < -0.3 is 0 Å². The van der Waals surface area contributed by atoms with Crippen LogP contribution in [0.25, 0.3) is 0 Å². The summed E-state index contributed by atoms with van der Waals surface area (Å²) >= 11 is 5.82. The van der Waals surface area contributed by atoms with Crippen LogP contribution in [0.15, 0.2) is 18.2 Å². The van der Waals surface area contributed by atoms with Crippen molar-refractivity contribution in [3.8, 4) is 0 Å². The Morgan fingerprint density at radius 2 is 2.00 bits per heavy atom. The number of hydrogen-bond acceptors (Lipinski definition) is 3. The predicted octanol–water partition coefficient (Wildman–Crippen LogP) is 2.55. The Morgan fingerprint density at radius 3 is 2.52 bits per heavy atom. The quantitative estimate of drug-likeness (QED) is 0.920. The Hall–Kier alpha value is -0.690. The molecule has 1 aromatic rings. The summed E-state index contributed by atoms with van der Waals surface area (Å²) in [6.07, 6.45) is 1.20. The molecule has 118 valence electrons. The molecule has 4 nitrogen and oxygen atoms in total. The molecule has 1 N–H and O–H groups in total. The Kier molecular flexibility index (Phi) is 5.24. The Balaban J connectivity index is 2.03. The van der Waals surface area contributed by atoms with Crippen LogP contribution in [0.1, 0.15) is 31.4 Å². The zero-order valence-corrected chi connectivity index (χ0v) is 13.7. The lowest BCUT2D eigenvalue weighted by Gasteiger charge is -2.35. The van der Waals surface area contributed by atoms with Gasteiger partial charge in [0.2, 0.25) is 10.0 Å². The molecule has 1 saturated heterocycles. The van der Waals surface area contributed by atoms with E-state index in [1.807, 2.05) is 6.92 Å². The second-order valence-corrected chi connectivity index (χ2v) is 7.91. The molecule has 0 spiro atoms. The average molecular weight is 335 g/mol. The first-order valence-electron chi connectivity index (χ1n) is 6.96. The van der Waals surface area contributed by atoms with Crippen LogP contribution in [0.2, 0.25) is 5.02 Å². The normalized spacial score (nSPS) is 19.6. The summed E-state index contributed by atoms with van der Waals surface area (Å²) < 4.78 is 39.2. The van der Waals surface area contributed by atoms with Gasteiger partial charge in [-0.15, -0.1) is 0 Å². The number of sulfonamides is 1. The van der Waals surface area contributed by atoms with Gasteiger partial charge in [0.25, 0.3) is 0 Å². The van der Waals surface area contributed by atoms with E-state index < -0.39 is 15.8 Å². The summed E-state index contributed by atoms with van der Waals surface area (Å²) in [5, 5.41) is -0.213. The van der Waals surface area contributed by atoms with Gasteiger partial charge in [0.05, 0.1) is 10.3 Å². The van der Waals surface area contributed by atoms with E-state index in [4.69, 9.17) is 11.6 Å². The summed E-state index contributed by atoms with van der Waals surface area (Å²) in [6.45, 7) is 3.42. The van der Waals surface area contributed by atoms with Gasteiger partial charge in [0.1, 0.15) is 5.82 Å². The number of piperidine rings is 1. The molecule has 2 rings (SSSR count). The van der Waals surface area contributed by atoms with Crippen LogP contribution in [-0.2, 0) is 10.0 Å². The maximum Gasteiger partial charge on any atom is 0.214 e. The molecule has 1 heterocycles. The fourth-order valence-electron chi connectivity index (χ4n) is 2.72. The molecule has 0 amide bonds. The molecule has 1 atom stereocenters. The largest absolute Gasteiger partial charge is 0.297 e. The van der Waals surface area contributed by atoms with Crippen molar-refractivity contribution in [1.29, 1.82) is 0 Å². The van der Waals surface area contributed by atoms with Crippen molar-refractivity contribution in [1.82, 2.24) is 9.62 Å². The highest BCUT2D eigenvalue weighted by Gasteiger charge is 2.30. The van der Waals surface area contributed by atoms with Crippen molar-refractivity contribution >= 4 is 21.6 Å². The van der Waals surface area contributed by atoms with E-state index in [2.05, 4.69) is 9.62 Å². The minimum atomic E-state index is -3.19. The number of hydrogen-bond donors (Lipinski definition) is 1. The molecule has 7 heteroatoms. The summed E-state index contributed by atoms with van der Waals surface area (Å²) in [5.41, 5.74) is 0.941. The summed E-state index contributed by atoms with van der Waals surface area (Å²) in [7, 11) is -1.75. The number of nitrogens with zero attached hydrogens (tertiary/aromatic N) is 1. The molecule has 1 aliphatic rings. The van der Waals surface area contributed by atoms with Gasteiger partial charge in [0, 0.05) is 19.1 Å². The van der Waals surface area contributed by atoms with Crippen molar-refractivity contribution in [3.05, 3.63) is 34.6 Å². The van der Waals surface area contributed by atoms with Gasteiger partial charge >= 0.3 is 0 Å². The van der Waals surface area contributed by atoms with Crippen LogP contribution in [0.3, 0.4) is 0 Å². The van der Waals surface area contributed by atoms with Gasteiger partial charge in [0.15, 0.2) is 0 Å². The first-order chi connectivity index (χ1) is 9.85. The molecule has 0 aromatic heterocycles. The first kappa shape index (κ1) is 16.7. The highest BCUT2D eigenvalue weighted by Crippen LogP contribution is 2.28. The van der Waals surface area contributed by atoms with Crippen LogP contribution >= 0.6 is 11.6 Å². The number of halogens is 2. The van der Waals surface area contributed by atoms with E-state index in [0.29, 0.717) is 25.9 Å². The molecule has 1 aliphatic heterocycles. The summed E-state index contributed by atoms with van der Waals surface area (Å²) in [4.78, 5) is 2.20. The van der Waals surface area contributed by atoms with Crippen molar-refractivity contribution in [2.45, 2.75) is 31.1 Å². The SMILES string of the molecule is CNS(=O)(=O)C1CCN(C(C)c2ccc(F)c(Cl)c2)CC1. The summed E-state index contributed by atoms with van der Waals surface area (Å²) in [6, 6.07) is 4.81. The smallest absolute Gasteiger partial charge is 0.214 e. The summed E-state index contributed by atoms with van der Waals surface area (Å²) in [5.74, 6) is -0.425. The zero-order chi connectivity index (χ0) is 15.6. The Morgan fingerprint density at radius 1 is 1.38 bits per heavy atom. The van der Waals surface area contributed by atoms with E-state index in [0.717, 1.165) is 5.56 Å². The van der Waals surface area contributed by atoms with E-state index in [1.54, 1.807) is 12.1 Å². The third kappa shape index (κ3) is 3.74. The maximum absolute atomic E-state index is 13.2. The number of benzene rings is 1. The average Bonchev–Trinajstić information content (AvgIpc) is 2.49. The Bertz CT molecular complexity index is 601. The number of rotatable bonds is 4. The molecule has 0 saturated carbocycles. The molecule has 1 unspecified atom stereocenters. The first-order valence-corrected chi connectivity index (χ1v) is 8.89. The maximum atomic E-state index is 13.2. The van der Waals surface area contributed by atoms with Gasteiger partial charge in [-0.05, 0) is 44.5 Å². The van der Waals surface area contributed by atoms with E-state index in [-0.39, 0.29) is 16.3 Å². The molecular formula is C14H20ClFN2O2S. The van der Waals surface area contributed by atoms with Gasteiger partial charge in [-0.3, -0.25) is 4.90 Å². The van der Waals surface area contributed by atoms with Crippen molar-refractivity contribution in [3.63, 3.8) is 0 Å². The van der Waals surface area contributed by atoms with Gasteiger partial charge in [-0.25, -0.2) is 17.5 Å². The van der Waals surface area contributed by atoms with E-state index in [1.165, 1.54) is 13.1 Å². The third-order valence-electron chi connectivity index (χ3n) is 4.17. The van der Waals surface area contributed by atoms with Crippen LogP contribution in [0.5, 0.6) is 0 Å². The molecule has 0 radical (unpaired) electrons. The van der Waals surface area contributed by atoms with Crippen LogP contribution in [0, 0.1) is 5.82 Å². The molecule has 1 fully saturated rings. The minimum absolute atomic E-state index is 0.0846. The molecule has 21 heavy (non-hydrogen) atoms. The predicted molar refractivity (Wildman–Crippen MR) is 82.4 cm³/mol. The van der Waals surface area contributed by atoms with Gasteiger partial charge in [-0.2, -0.15) is 0 Å². The van der Waals surface area contributed by atoms with Crippen LogP contribution in [0.4, 0.5) is 4.39 Å². The third-order valence-corrected chi connectivity index (χ3v) is 6.38. The fraction of sp³-hybridized carbons (Fsp3) is 0.571.